The second-order valence-electron chi connectivity index (χ2n) is 28.8. The number of hydrogen-bond donors (Lipinski definition) is 14. The Hall–Kier alpha value is -9.47. The van der Waals surface area contributed by atoms with E-state index >= 15 is 4.79 Å². The van der Waals surface area contributed by atoms with Crippen LogP contribution in [-0.2, 0) is 102 Å². The number of fused-ring (bicyclic) bond motifs is 2. The molecule has 43 heteroatoms. The molecule has 3 fully saturated rings. The first kappa shape index (κ1) is 96.4. The van der Waals surface area contributed by atoms with Crippen molar-refractivity contribution in [2.75, 3.05) is 156 Å². The van der Waals surface area contributed by atoms with E-state index < -0.39 is 180 Å². The molecule has 5 aliphatic rings. The molecule has 0 aromatic heterocycles. The number of imide groups is 1. The Morgan fingerprint density at radius 2 is 1.06 bits per heavy atom. The zero-order valence-corrected chi connectivity index (χ0v) is 67.5. The van der Waals surface area contributed by atoms with Crippen LogP contribution >= 0.6 is 23.5 Å². The van der Waals surface area contributed by atoms with Crippen molar-refractivity contribution in [1.29, 1.82) is 0 Å². The second-order valence-corrected chi connectivity index (χ2v) is 30.8. The highest BCUT2D eigenvalue weighted by atomic mass is 32.2. The first-order valence-corrected chi connectivity index (χ1v) is 41.1. The number of primary amides is 1. The summed E-state index contributed by atoms with van der Waals surface area (Å²) >= 11 is 1.24. The lowest BCUT2D eigenvalue weighted by atomic mass is 10.0. The maximum absolute atomic E-state index is 15.1. The molecule has 1 aromatic rings. The Morgan fingerprint density at radius 3 is 1.59 bits per heavy atom. The summed E-state index contributed by atoms with van der Waals surface area (Å²) in [4.78, 5) is 241. The van der Waals surface area contributed by atoms with Crippen molar-refractivity contribution in [3.8, 4) is 0 Å². The summed E-state index contributed by atoms with van der Waals surface area (Å²) in [7, 11) is 0. The number of unbranched alkanes of at least 4 members (excludes halogenated alkanes) is 2. The third kappa shape index (κ3) is 33.1. The van der Waals surface area contributed by atoms with Gasteiger partial charge in [0.15, 0.2) is 0 Å². The fraction of sp³-hybridized carbons (Fsp3) is 0.662. The molecule has 0 bridgehead atoms. The van der Waals surface area contributed by atoms with E-state index in [1.807, 2.05) is 6.92 Å². The van der Waals surface area contributed by atoms with Crippen LogP contribution in [0, 0.1) is 0 Å². The van der Waals surface area contributed by atoms with E-state index in [0.29, 0.717) is 48.3 Å². The van der Waals surface area contributed by atoms with E-state index in [0.717, 1.165) is 18.2 Å². The smallest absolute Gasteiger partial charge is 0.317 e. The van der Waals surface area contributed by atoms with Crippen LogP contribution in [0.1, 0.15) is 103 Å². The van der Waals surface area contributed by atoms with Gasteiger partial charge in [-0.25, -0.2) is 0 Å². The number of carbonyl (C=O) groups is 17. The zero-order chi connectivity index (χ0) is 85.7. The average Bonchev–Trinajstić information content (AvgIpc) is 1.65. The van der Waals surface area contributed by atoms with Gasteiger partial charge in [-0.1, -0.05) is 50.1 Å². The number of thioether (sulfide) groups is 2. The van der Waals surface area contributed by atoms with E-state index in [1.165, 1.54) is 9.80 Å². The van der Waals surface area contributed by atoms with Gasteiger partial charge in [0.2, 0.25) is 59.1 Å². The summed E-state index contributed by atoms with van der Waals surface area (Å²) in [6.45, 7) is 4.61. The van der Waals surface area contributed by atoms with Crippen molar-refractivity contribution < 1.29 is 126 Å². The van der Waals surface area contributed by atoms with Crippen LogP contribution in [0.15, 0.2) is 40.1 Å². The van der Waals surface area contributed by atoms with Crippen molar-refractivity contribution in [3.05, 3.63) is 45.7 Å². The summed E-state index contributed by atoms with van der Waals surface area (Å²) < 4.78 is 17.2. The molecule has 1 aromatic carbocycles. The molecule has 41 nitrogen and oxygen atoms in total. The van der Waals surface area contributed by atoms with Crippen LogP contribution in [0.4, 0.5) is 0 Å². The molecule has 0 unspecified atom stereocenters. The molecule has 12 amide bonds. The molecule has 5 aliphatic heterocycles. The number of aliphatic carboxylic acids is 5. The highest BCUT2D eigenvalue weighted by Gasteiger charge is 2.47. The molecule has 15 N–H and O–H groups in total. The van der Waals surface area contributed by atoms with Gasteiger partial charge >= 0.3 is 29.8 Å². The fourth-order valence-electron chi connectivity index (χ4n) is 13.5. The zero-order valence-electron chi connectivity index (χ0n) is 65.8. The summed E-state index contributed by atoms with van der Waals surface area (Å²) in [6.07, 6.45) is -1.53. The lowest BCUT2D eigenvalue weighted by molar-refractivity contribution is -0.148. The molecule has 6 rings (SSSR count). The van der Waals surface area contributed by atoms with Crippen LogP contribution in [0.25, 0.3) is 0 Å². The van der Waals surface area contributed by atoms with Crippen LogP contribution in [0.2, 0.25) is 0 Å². The summed E-state index contributed by atoms with van der Waals surface area (Å²) in [5.74, 6) is -18.5. The Bertz CT molecular complexity index is 3630. The number of aliphatic hydroxyl groups is 1. The number of carboxylic acid groups (broad SMARTS) is 5. The summed E-state index contributed by atoms with van der Waals surface area (Å²) in [6, 6.07) is -5.22. The molecule has 0 radical (unpaired) electrons. The minimum absolute atomic E-state index is 0.00411. The molecule has 5 heterocycles. The molecule has 0 aliphatic carbocycles. The molecular weight excluding hydrogens is 1580 g/mol. The highest BCUT2D eigenvalue weighted by molar-refractivity contribution is 8.08. The molecule has 9 atom stereocenters. The third-order valence-corrected chi connectivity index (χ3v) is 22.1. The van der Waals surface area contributed by atoms with E-state index in [4.69, 9.17) is 19.9 Å². The largest absolute Gasteiger partial charge is 0.481 e. The van der Waals surface area contributed by atoms with Crippen molar-refractivity contribution in [1.82, 2.24) is 71.5 Å². The standard InChI is InChI=1S/C74H111N15O26S2/c1-3-4-6-17-55(91)77-52-45-117-64-63(73(111)89(74(64)112)23-12-33-114-35-37-115-36-34-113-32-11-20-76-56(92)40-83-24-26-84(41-59(97)98)28-30-86(43-61(101)102)31-29-85(27-25-83)42-60(99)100)116-44-51(68(106)79-49(65(75)103)39-58(95)96)81-67(105)50(38-47-13-7-5-8-14-47)80-66(104)48(18-19-57(93)94)78-70(108)62(46(2)90)82-69(107)53-15-9-21-87(53)72(110)54-16-10-22-88(54)71(52)109/h5,7-8,13-14,46,48-54,62,90H,3-4,6,9-12,15-45H2,1-2H3,(H2,75,103)(H,76,92)(H,77,91)(H,78,108)(H,79,106)(H,80,104)(H,81,105)(H,82,107)(H,93,94)(H,95,96)(H,97,98)(H,99,100)(H,101,102)/t46-,48+,49+,50+,51+,52+,53+,54+,62+/m1/s1. The van der Waals surface area contributed by atoms with Gasteiger partial charge < -0.3 is 97.6 Å². The number of hydrogen-bond acceptors (Lipinski definition) is 27. The Balaban J connectivity index is 1.18. The van der Waals surface area contributed by atoms with E-state index in [-0.39, 0.29) is 205 Å². The minimum atomic E-state index is -1.93. The molecule has 3 saturated heterocycles. The van der Waals surface area contributed by atoms with Crippen molar-refractivity contribution >= 4 is 124 Å². The third-order valence-electron chi connectivity index (χ3n) is 19.7. The molecule has 0 saturated carbocycles. The number of ether oxygens (including phenoxy) is 3. The van der Waals surface area contributed by atoms with Crippen LogP contribution in [0.5, 0.6) is 0 Å². The number of carboxylic acids is 5. The fourth-order valence-corrected chi connectivity index (χ4v) is 15.9. The number of rotatable bonds is 38. The van der Waals surface area contributed by atoms with Crippen LogP contribution in [-0.4, -0.2) is 376 Å². The van der Waals surface area contributed by atoms with Gasteiger partial charge in [0.1, 0.15) is 48.3 Å². The SMILES string of the molecule is CCCCCC(=O)N[C@H]1CSC2=C(SC[C@@H](C(=O)N[C@@H](CC(=O)O)C(N)=O)NC(=O)[C@H](Cc3ccccc3)NC(=O)[C@H](CCC(=O)O)NC(=O)[C@H]([C@@H](C)O)NC(=O)[C@@H]3CCCN3C(=O)[C@@H]3CCCN3C1=O)C(=O)N(CCCOCCOCCOCCCNC(=O)CN1CCN(CC(=O)O)CCN(CC(=O)O)CCN(CC(=O)O)CC1)C2=O. The first-order chi connectivity index (χ1) is 55.8. The normalized spacial score (nSPS) is 22.6. The van der Waals surface area contributed by atoms with Gasteiger partial charge in [0, 0.05) is 123 Å². The number of nitrogens with one attached hydrogen (secondary N) is 7. The number of amides is 12. The summed E-state index contributed by atoms with van der Waals surface area (Å²) in [5, 5.41) is 76.8. The Labute approximate surface area is 684 Å². The van der Waals surface area contributed by atoms with Crippen LogP contribution < -0.4 is 43.0 Å². The predicted octanol–water partition coefficient (Wildman–Crippen LogP) is -4.61. The van der Waals surface area contributed by atoms with Gasteiger partial charge in [-0.05, 0) is 63.9 Å². The van der Waals surface area contributed by atoms with Gasteiger partial charge in [0.25, 0.3) is 11.8 Å². The summed E-state index contributed by atoms with van der Waals surface area (Å²) in [5.41, 5.74) is 5.94. The average molecular weight is 1690 g/mol. The monoisotopic (exact) mass is 1690 g/mol. The first-order valence-electron chi connectivity index (χ1n) is 39.1. The maximum Gasteiger partial charge on any atom is 0.317 e. The van der Waals surface area contributed by atoms with Crippen LogP contribution in [0.3, 0.4) is 0 Å². The maximum atomic E-state index is 15.1. The molecule has 0 spiro atoms. The lowest BCUT2D eigenvalue weighted by Gasteiger charge is -2.33. The number of nitrogens with two attached hydrogens (primary N) is 1. The molecular formula is C74H111N15O26S2. The Morgan fingerprint density at radius 1 is 0.547 bits per heavy atom. The van der Waals surface area contributed by atoms with Gasteiger partial charge in [0.05, 0.1) is 74.9 Å². The van der Waals surface area contributed by atoms with E-state index in [1.54, 1.807) is 49.9 Å². The number of benzene rings is 1. The topological polar surface area (TPSA) is 572 Å². The predicted molar refractivity (Wildman–Crippen MR) is 417 cm³/mol. The Kier molecular flexibility index (Phi) is 41.5. The van der Waals surface area contributed by atoms with E-state index in [9.17, 15) is 107 Å². The van der Waals surface area contributed by atoms with Crippen molar-refractivity contribution in [3.63, 3.8) is 0 Å². The van der Waals surface area contributed by atoms with Gasteiger partial charge in [-0.3, -0.25) is 106 Å². The van der Waals surface area contributed by atoms with Crippen molar-refractivity contribution in [2.45, 2.75) is 158 Å². The second kappa shape index (κ2) is 50.3. The van der Waals surface area contributed by atoms with Gasteiger partial charge in [-0.15, -0.1) is 23.5 Å². The lowest BCUT2D eigenvalue weighted by Crippen LogP contribution is -2.62. The number of nitrogens with zero attached hydrogens (tertiary/aromatic N) is 7. The quantitative estimate of drug-likeness (QED) is 0.0219. The molecule has 117 heavy (non-hydrogen) atoms. The van der Waals surface area contributed by atoms with Gasteiger partial charge in [-0.2, -0.15) is 0 Å². The molecule has 650 valence electrons. The number of carbonyl (C=O) groups excluding carboxylic acids is 12. The van der Waals surface area contributed by atoms with Crippen molar-refractivity contribution in [2.24, 2.45) is 5.73 Å². The highest BCUT2D eigenvalue weighted by Crippen LogP contribution is 2.38. The minimum Gasteiger partial charge on any atom is -0.481 e. The van der Waals surface area contributed by atoms with E-state index in [2.05, 4.69) is 37.2 Å². The number of aliphatic hydroxyl groups excluding tert-OH is 1.